The molecule has 1 amide bonds. The molecule has 8 nitrogen and oxygen atoms in total. The van der Waals surface area contributed by atoms with Crippen LogP contribution in [0.25, 0.3) is 10.8 Å². The number of carbonyl (C=O) groups excluding carboxylic acids is 2. The van der Waals surface area contributed by atoms with Gasteiger partial charge in [-0.15, -0.1) is 0 Å². The lowest BCUT2D eigenvalue weighted by atomic mass is 10.1. The molecule has 0 bridgehead atoms. The van der Waals surface area contributed by atoms with E-state index in [2.05, 4.69) is 5.32 Å². The molecule has 1 aromatic carbocycles. The summed E-state index contributed by atoms with van der Waals surface area (Å²) in [5.74, 6) is -0.545. The molecular weight excluding hydrogens is 340 g/mol. The van der Waals surface area contributed by atoms with E-state index < -0.39 is 11.9 Å². The van der Waals surface area contributed by atoms with E-state index in [-0.39, 0.29) is 25.3 Å². The predicted molar refractivity (Wildman–Crippen MR) is 95.2 cm³/mol. The monoisotopic (exact) mass is 362 g/mol. The summed E-state index contributed by atoms with van der Waals surface area (Å²) in [5, 5.41) is 3.52. The van der Waals surface area contributed by atoms with Crippen LogP contribution in [0.4, 0.5) is 0 Å². The lowest BCUT2D eigenvalue weighted by molar-refractivity contribution is -0.143. The van der Waals surface area contributed by atoms with Crippen LogP contribution in [0.5, 0.6) is 5.75 Å². The van der Waals surface area contributed by atoms with Crippen LogP contribution < -0.4 is 15.6 Å². The molecule has 140 valence electrons. The molecule has 2 rings (SSSR count). The van der Waals surface area contributed by atoms with E-state index in [0.29, 0.717) is 29.7 Å². The molecule has 8 heteroatoms. The average Bonchev–Trinajstić information content (AvgIpc) is 2.64. The van der Waals surface area contributed by atoms with Crippen molar-refractivity contribution >= 4 is 22.6 Å². The Labute approximate surface area is 150 Å². The van der Waals surface area contributed by atoms with Crippen molar-refractivity contribution in [1.82, 2.24) is 9.88 Å². The number of nitrogens with one attached hydrogen (secondary N) is 1. The summed E-state index contributed by atoms with van der Waals surface area (Å²) in [6.07, 6.45) is 1.66. The van der Waals surface area contributed by atoms with Gasteiger partial charge in [0.05, 0.1) is 18.6 Å². The minimum absolute atomic E-state index is 0.156. The normalized spacial score (nSPS) is 10.5. The maximum Gasteiger partial charge on any atom is 0.325 e. The Morgan fingerprint density at radius 1 is 1.19 bits per heavy atom. The number of amides is 1. The molecule has 0 aliphatic rings. The van der Waals surface area contributed by atoms with Crippen molar-refractivity contribution in [1.29, 1.82) is 0 Å². The summed E-state index contributed by atoms with van der Waals surface area (Å²) in [7, 11) is 1.57. The zero-order valence-corrected chi connectivity index (χ0v) is 14.8. The molecular formula is C18H22N2O6. The lowest BCUT2D eigenvalue weighted by Gasteiger charge is -2.11. The Hall–Kier alpha value is -2.87. The molecule has 1 aromatic heterocycles. The fraction of sp³-hybridized carbons (Fsp3) is 0.389. The Kier molecular flexibility index (Phi) is 7.16. The molecule has 0 fully saturated rings. The second kappa shape index (κ2) is 9.57. The molecule has 0 unspecified atom stereocenters. The van der Waals surface area contributed by atoms with Gasteiger partial charge in [0.2, 0.25) is 0 Å². The van der Waals surface area contributed by atoms with Gasteiger partial charge in [0, 0.05) is 25.2 Å². The van der Waals surface area contributed by atoms with Crippen LogP contribution in [0.3, 0.4) is 0 Å². The molecule has 0 spiro atoms. The number of pyridine rings is 1. The van der Waals surface area contributed by atoms with Gasteiger partial charge in [-0.3, -0.25) is 14.4 Å². The number of fused-ring (bicyclic) bond motifs is 1. The fourth-order valence-electron chi connectivity index (χ4n) is 2.36. The van der Waals surface area contributed by atoms with Gasteiger partial charge in [-0.25, -0.2) is 0 Å². The van der Waals surface area contributed by atoms with Crippen molar-refractivity contribution in [3.05, 3.63) is 40.8 Å². The highest BCUT2D eigenvalue weighted by molar-refractivity contribution is 5.88. The number of nitrogens with zero attached hydrogens (tertiary/aromatic N) is 1. The number of rotatable bonds is 9. The van der Waals surface area contributed by atoms with Crippen LogP contribution in [0, 0.1) is 0 Å². The van der Waals surface area contributed by atoms with E-state index in [4.69, 9.17) is 14.2 Å². The molecule has 0 saturated carbocycles. The molecule has 0 atom stereocenters. The Morgan fingerprint density at radius 2 is 2.00 bits per heavy atom. The number of ether oxygens (including phenoxy) is 3. The standard InChI is InChI=1S/C18H22N2O6/c1-3-25-17(22)11-19-16(21)12-26-15-6-4-5-14-13(15)7-8-20(18(14)23)9-10-24-2/h4-8H,3,9-12H2,1-2H3,(H,19,21). The average molecular weight is 362 g/mol. The first-order valence-electron chi connectivity index (χ1n) is 8.23. The van der Waals surface area contributed by atoms with E-state index in [1.54, 1.807) is 49.1 Å². The van der Waals surface area contributed by atoms with Gasteiger partial charge in [0.1, 0.15) is 12.3 Å². The first kappa shape index (κ1) is 19.5. The quantitative estimate of drug-likeness (QED) is 0.660. The maximum absolute atomic E-state index is 12.5. The summed E-state index contributed by atoms with van der Waals surface area (Å²) in [6, 6.07) is 6.84. The number of hydrogen-bond acceptors (Lipinski definition) is 6. The van der Waals surface area contributed by atoms with Gasteiger partial charge in [0.15, 0.2) is 6.61 Å². The van der Waals surface area contributed by atoms with Crippen LogP contribution in [0.2, 0.25) is 0 Å². The highest BCUT2D eigenvalue weighted by atomic mass is 16.5. The zero-order chi connectivity index (χ0) is 18.9. The topological polar surface area (TPSA) is 95.9 Å². The Morgan fingerprint density at radius 3 is 2.73 bits per heavy atom. The number of hydrogen-bond donors (Lipinski definition) is 1. The first-order chi connectivity index (χ1) is 12.6. The van der Waals surface area contributed by atoms with Gasteiger partial charge >= 0.3 is 5.97 Å². The number of aromatic nitrogens is 1. The van der Waals surface area contributed by atoms with Crippen LogP contribution in [-0.4, -0.2) is 49.9 Å². The summed E-state index contributed by atoms with van der Waals surface area (Å²) >= 11 is 0. The SMILES string of the molecule is CCOC(=O)CNC(=O)COc1cccc2c(=O)n(CCOC)ccc12. The summed E-state index contributed by atoms with van der Waals surface area (Å²) < 4.78 is 16.8. The van der Waals surface area contributed by atoms with Crippen molar-refractivity contribution < 1.29 is 23.8 Å². The van der Waals surface area contributed by atoms with Crippen LogP contribution in [0.15, 0.2) is 35.3 Å². The largest absolute Gasteiger partial charge is 0.483 e. The molecule has 1 heterocycles. The highest BCUT2D eigenvalue weighted by Gasteiger charge is 2.10. The second-order valence-corrected chi connectivity index (χ2v) is 5.39. The van der Waals surface area contributed by atoms with E-state index >= 15 is 0 Å². The summed E-state index contributed by atoms with van der Waals surface area (Å²) in [4.78, 5) is 35.5. The van der Waals surface area contributed by atoms with Crippen molar-refractivity contribution in [2.24, 2.45) is 0 Å². The molecule has 0 aliphatic carbocycles. The predicted octanol–water partition coefficient (Wildman–Crippen LogP) is 0.706. The zero-order valence-electron chi connectivity index (χ0n) is 14.8. The van der Waals surface area contributed by atoms with Crippen LogP contribution in [-0.2, 0) is 25.6 Å². The third-order valence-electron chi connectivity index (χ3n) is 3.61. The first-order valence-corrected chi connectivity index (χ1v) is 8.23. The van der Waals surface area contributed by atoms with E-state index in [9.17, 15) is 14.4 Å². The molecule has 0 radical (unpaired) electrons. The molecule has 2 aromatic rings. The van der Waals surface area contributed by atoms with Gasteiger partial charge in [-0.2, -0.15) is 0 Å². The van der Waals surface area contributed by atoms with Crippen LogP contribution in [0.1, 0.15) is 6.92 Å². The van der Waals surface area contributed by atoms with E-state index in [1.807, 2.05) is 0 Å². The van der Waals surface area contributed by atoms with Gasteiger partial charge in [0.25, 0.3) is 11.5 Å². The number of carbonyl (C=O) groups is 2. The number of esters is 1. The third kappa shape index (κ3) is 5.06. The van der Waals surface area contributed by atoms with Gasteiger partial charge in [-0.1, -0.05) is 6.07 Å². The minimum Gasteiger partial charge on any atom is -0.483 e. The van der Waals surface area contributed by atoms with Crippen LogP contribution >= 0.6 is 0 Å². The van der Waals surface area contributed by atoms with Gasteiger partial charge in [-0.05, 0) is 25.1 Å². The van der Waals surface area contributed by atoms with Gasteiger partial charge < -0.3 is 24.1 Å². The summed E-state index contributed by atoms with van der Waals surface area (Å²) in [6.45, 7) is 2.34. The van der Waals surface area contributed by atoms with Crippen molar-refractivity contribution in [3.63, 3.8) is 0 Å². The third-order valence-corrected chi connectivity index (χ3v) is 3.61. The van der Waals surface area contributed by atoms with Crippen molar-refractivity contribution in [2.75, 3.05) is 33.5 Å². The molecule has 0 saturated heterocycles. The molecule has 26 heavy (non-hydrogen) atoms. The minimum atomic E-state index is -0.511. The highest BCUT2D eigenvalue weighted by Crippen LogP contribution is 2.23. The smallest absolute Gasteiger partial charge is 0.325 e. The lowest BCUT2D eigenvalue weighted by Crippen LogP contribution is -2.34. The number of methoxy groups -OCH3 is 1. The Bertz CT molecular complexity index is 830. The molecule has 0 aliphatic heterocycles. The molecule has 1 N–H and O–H groups in total. The van der Waals surface area contributed by atoms with E-state index in [0.717, 1.165) is 0 Å². The van der Waals surface area contributed by atoms with Crippen molar-refractivity contribution in [2.45, 2.75) is 13.5 Å². The second-order valence-electron chi connectivity index (χ2n) is 5.39. The fourth-order valence-corrected chi connectivity index (χ4v) is 2.36. The summed E-state index contributed by atoms with van der Waals surface area (Å²) in [5.41, 5.74) is -0.156. The number of benzene rings is 1. The maximum atomic E-state index is 12.5. The van der Waals surface area contributed by atoms with E-state index in [1.165, 1.54) is 0 Å². The van der Waals surface area contributed by atoms with Crippen molar-refractivity contribution in [3.8, 4) is 5.75 Å². The Balaban J connectivity index is 2.06.